The zero-order chi connectivity index (χ0) is 21.6. The van der Waals surface area contributed by atoms with Crippen LogP contribution >= 0.6 is 0 Å². The molecule has 0 amide bonds. The Morgan fingerprint density at radius 1 is 1.03 bits per heavy atom. The second-order valence-electron chi connectivity index (χ2n) is 6.89. The summed E-state index contributed by atoms with van der Waals surface area (Å²) in [5.41, 5.74) is 5.18. The summed E-state index contributed by atoms with van der Waals surface area (Å²) in [5.74, 6) is 0.960. The van der Waals surface area contributed by atoms with Gasteiger partial charge in [-0.2, -0.15) is 0 Å². The molecule has 0 aliphatic heterocycles. The molecule has 0 saturated carbocycles. The molecule has 0 atom stereocenters. The van der Waals surface area contributed by atoms with E-state index < -0.39 is 0 Å². The molecule has 29 heavy (non-hydrogen) atoms. The van der Waals surface area contributed by atoms with Crippen LogP contribution in [0.15, 0.2) is 78.9 Å². The van der Waals surface area contributed by atoms with Gasteiger partial charge >= 0.3 is 0 Å². The minimum absolute atomic E-state index is 0.607. The Kier molecular flexibility index (Phi) is 11.3. The Hall–Kier alpha value is -2.74. The molecule has 0 spiro atoms. The van der Waals surface area contributed by atoms with Gasteiger partial charge in [-0.05, 0) is 64.8 Å². The maximum atomic E-state index is 6.00. The summed E-state index contributed by atoms with van der Waals surface area (Å²) in [4.78, 5) is 0. The van der Waals surface area contributed by atoms with Crippen molar-refractivity contribution in [3.8, 4) is 5.75 Å². The van der Waals surface area contributed by atoms with Crippen LogP contribution in [0.2, 0.25) is 0 Å². The number of allylic oxidation sites excluding steroid dienone is 3. The molecule has 0 radical (unpaired) electrons. The summed E-state index contributed by atoms with van der Waals surface area (Å²) >= 11 is 0. The highest BCUT2D eigenvalue weighted by atomic mass is 16.5. The summed E-state index contributed by atoms with van der Waals surface area (Å²) in [6, 6.07) is 18.7. The van der Waals surface area contributed by atoms with Crippen molar-refractivity contribution < 1.29 is 4.74 Å². The Labute approximate surface area is 177 Å². The molecule has 1 heterocycles. The van der Waals surface area contributed by atoms with Gasteiger partial charge < -0.3 is 9.30 Å². The van der Waals surface area contributed by atoms with E-state index in [0.29, 0.717) is 6.61 Å². The quantitative estimate of drug-likeness (QED) is 0.401. The first-order valence-electron chi connectivity index (χ1n) is 10.5. The first-order valence-corrected chi connectivity index (χ1v) is 10.5. The first-order chi connectivity index (χ1) is 14.0. The van der Waals surface area contributed by atoms with E-state index in [-0.39, 0.29) is 0 Å². The van der Waals surface area contributed by atoms with Crippen LogP contribution in [-0.2, 0) is 13.2 Å². The van der Waals surface area contributed by atoms with Gasteiger partial charge in [0.05, 0.1) is 5.52 Å². The van der Waals surface area contributed by atoms with E-state index in [1.54, 1.807) is 6.08 Å². The van der Waals surface area contributed by atoms with Crippen molar-refractivity contribution in [3.63, 3.8) is 0 Å². The Morgan fingerprint density at radius 2 is 1.69 bits per heavy atom. The van der Waals surface area contributed by atoms with Gasteiger partial charge in [-0.1, -0.05) is 61.0 Å². The van der Waals surface area contributed by atoms with Crippen LogP contribution in [0.3, 0.4) is 0 Å². The third-order valence-corrected chi connectivity index (χ3v) is 4.72. The molecule has 0 bridgehead atoms. The normalized spacial score (nSPS) is 10.5. The van der Waals surface area contributed by atoms with Gasteiger partial charge in [-0.15, -0.1) is 6.58 Å². The lowest BCUT2D eigenvalue weighted by Gasteiger charge is -2.08. The van der Waals surface area contributed by atoms with E-state index >= 15 is 0 Å². The fourth-order valence-electron chi connectivity index (χ4n) is 2.87. The standard InChI is InChI=1S/C18H19NO.C6H12.C3H6/c1-3-19-14(2)12-16-17(19)10-7-11-18(16)20-13-15-8-5-4-6-9-15;1-4-6(3)5-2;1-3-2/h4-12H,3,13H2,1-2H3;4H,5H2,1-3H3;3H,1H2,2H3/b;6-4-;. The van der Waals surface area contributed by atoms with Gasteiger partial charge in [0, 0.05) is 17.6 Å². The van der Waals surface area contributed by atoms with Gasteiger partial charge in [-0.25, -0.2) is 0 Å². The highest BCUT2D eigenvalue weighted by Gasteiger charge is 2.08. The van der Waals surface area contributed by atoms with Crippen LogP contribution in [0, 0.1) is 6.92 Å². The third kappa shape index (κ3) is 7.65. The SMILES string of the molecule is C/C=C(/C)CC.C=CC.CCn1c(C)cc2c(OCc3ccccc3)cccc21. The number of aryl methyl sites for hydroxylation is 2. The Bertz CT molecular complexity index is 888. The van der Waals surface area contributed by atoms with Crippen molar-refractivity contribution in [1.82, 2.24) is 4.57 Å². The fourth-order valence-corrected chi connectivity index (χ4v) is 2.87. The van der Waals surface area contributed by atoms with E-state index in [1.165, 1.54) is 34.2 Å². The van der Waals surface area contributed by atoms with E-state index in [4.69, 9.17) is 4.74 Å². The lowest BCUT2D eigenvalue weighted by Crippen LogP contribution is -1.97. The summed E-state index contributed by atoms with van der Waals surface area (Å²) in [7, 11) is 0. The van der Waals surface area contributed by atoms with Crippen molar-refractivity contribution in [2.24, 2.45) is 0 Å². The number of nitrogens with zero attached hydrogens (tertiary/aromatic N) is 1. The number of benzene rings is 2. The van der Waals surface area contributed by atoms with Crippen molar-refractivity contribution in [1.29, 1.82) is 0 Å². The van der Waals surface area contributed by atoms with E-state index in [9.17, 15) is 0 Å². The number of ether oxygens (including phenoxy) is 1. The molecule has 0 N–H and O–H groups in total. The maximum Gasteiger partial charge on any atom is 0.129 e. The molecule has 0 saturated heterocycles. The van der Waals surface area contributed by atoms with E-state index in [0.717, 1.165) is 12.3 Å². The van der Waals surface area contributed by atoms with Gasteiger partial charge in [0.2, 0.25) is 0 Å². The van der Waals surface area contributed by atoms with Gasteiger partial charge in [0.1, 0.15) is 12.4 Å². The molecule has 0 unspecified atom stereocenters. The van der Waals surface area contributed by atoms with Crippen molar-refractivity contribution in [2.75, 3.05) is 0 Å². The molecule has 2 nitrogen and oxygen atoms in total. The van der Waals surface area contributed by atoms with Crippen LogP contribution in [0.25, 0.3) is 10.9 Å². The molecule has 3 rings (SSSR count). The second kappa shape index (κ2) is 13.4. The molecular formula is C27H37NO. The van der Waals surface area contributed by atoms with Gasteiger partial charge in [-0.3, -0.25) is 0 Å². The average molecular weight is 392 g/mol. The van der Waals surface area contributed by atoms with Crippen LogP contribution in [0.5, 0.6) is 5.75 Å². The van der Waals surface area contributed by atoms with Crippen LogP contribution in [0.4, 0.5) is 0 Å². The number of aromatic nitrogens is 1. The largest absolute Gasteiger partial charge is 0.488 e. The topological polar surface area (TPSA) is 14.2 Å². The zero-order valence-electron chi connectivity index (χ0n) is 19.0. The predicted molar refractivity (Wildman–Crippen MR) is 129 cm³/mol. The summed E-state index contributed by atoms with van der Waals surface area (Å²) < 4.78 is 8.32. The fraction of sp³-hybridized carbons (Fsp3) is 0.333. The van der Waals surface area contributed by atoms with Crippen molar-refractivity contribution >= 4 is 10.9 Å². The average Bonchev–Trinajstić information content (AvgIpc) is 3.08. The van der Waals surface area contributed by atoms with Crippen LogP contribution in [-0.4, -0.2) is 4.57 Å². The van der Waals surface area contributed by atoms with Gasteiger partial charge in [0.25, 0.3) is 0 Å². The minimum Gasteiger partial charge on any atom is -0.488 e. The molecular weight excluding hydrogens is 354 g/mol. The van der Waals surface area contributed by atoms with Crippen LogP contribution < -0.4 is 4.74 Å². The second-order valence-corrected chi connectivity index (χ2v) is 6.89. The van der Waals surface area contributed by atoms with Gasteiger partial charge in [0.15, 0.2) is 0 Å². The highest BCUT2D eigenvalue weighted by molar-refractivity contribution is 5.87. The van der Waals surface area contributed by atoms with Crippen molar-refractivity contribution in [2.45, 2.75) is 61.1 Å². The molecule has 2 heteroatoms. The molecule has 0 fully saturated rings. The third-order valence-electron chi connectivity index (χ3n) is 4.72. The van der Waals surface area contributed by atoms with Crippen molar-refractivity contribution in [3.05, 3.63) is 90.2 Å². The summed E-state index contributed by atoms with van der Waals surface area (Å²) in [6.45, 7) is 17.5. The summed E-state index contributed by atoms with van der Waals surface area (Å²) in [5, 5.41) is 1.20. The molecule has 156 valence electrons. The monoisotopic (exact) mass is 391 g/mol. The number of hydrogen-bond donors (Lipinski definition) is 0. The molecule has 1 aromatic heterocycles. The van der Waals surface area contributed by atoms with E-state index in [1.807, 2.05) is 31.2 Å². The Balaban J connectivity index is 0.000000397. The maximum absolute atomic E-state index is 6.00. The van der Waals surface area contributed by atoms with E-state index in [2.05, 4.69) is 82.2 Å². The number of fused-ring (bicyclic) bond motifs is 1. The predicted octanol–water partition coefficient (Wildman–Crippen LogP) is 8.10. The lowest BCUT2D eigenvalue weighted by molar-refractivity contribution is 0.310. The molecule has 2 aromatic carbocycles. The minimum atomic E-state index is 0.607. The number of hydrogen-bond acceptors (Lipinski definition) is 1. The lowest BCUT2D eigenvalue weighted by atomic mass is 10.2. The molecule has 0 aliphatic rings. The Morgan fingerprint density at radius 3 is 2.21 bits per heavy atom. The highest BCUT2D eigenvalue weighted by Crippen LogP contribution is 2.29. The molecule has 3 aromatic rings. The number of rotatable bonds is 5. The molecule has 0 aliphatic carbocycles. The van der Waals surface area contributed by atoms with Crippen LogP contribution in [0.1, 0.15) is 52.3 Å². The smallest absolute Gasteiger partial charge is 0.129 e. The summed E-state index contributed by atoms with van der Waals surface area (Å²) in [6.07, 6.45) is 5.08. The zero-order valence-corrected chi connectivity index (χ0v) is 19.0. The first kappa shape index (κ1) is 24.3.